The van der Waals surface area contributed by atoms with Crippen molar-refractivity contribution >= 4 is 23.8 Å². The number of rotatable bonds is 6. The van der Waals surface area contributed by atoms with Crippen LogP contribution in [0.25, 0.3) is 0 Å². The second-order valence-corrected chi connectivity index (χ2v) is 6.29. The normalized spacial score (nSPS) is 19.0. The second-order valence-electron chi connectivity index (χ2n) is 5.15. The number of nitrogens with one attached hydrogen (secondary N) is 2. The first-order chi connectivity index (χ1) is 10.1. The van der Waals surface area contributed by atoms with Crippen molar-refractivity contribution in [3.8, 4) is 0 Å². The number of benzene rings is 1. The second kappa shape index (κ2) is 7.93. The van der Waals surface area contributed by atoms with Gasteiger partial charge in [-0.3, -0.25) is 4.79 Å². The van der Waals surface area contributed by atoms with E-state index in [0.29, 0.717) is 12.5 Å². The largest absolute Gasteiger partial charge is 0.481 e. The molecule has 0 spiro atoms. The van der Waals surface area contributed by atoms with Crippen LogP contribution in [-0.4, -0.2) is 35.2 Å². The van der Waals surface area contributed by atoms with Crippen LogP contribution in [0.1, 0.15) is 24.4 Å². The number of carboxylic acid groups (broad SMARTS) is 1. The van der Waals surface area contributed by atoms with Gasteiger partial charge in [-0.15, -0.1) is 0 Å². The van der Waals surface area contributed by atoms with Gasteiger partial charge in [0.15, 0.2) is 0 Å². The number of aliphatic carboxylic acids is 1. The monoisotopic (exact) mass is 308 g/mol. The summed E-state index contributed by atoms with van der Waals surface area (Å²) in [6.07, 6.45) is 0.999. The Balaban J connectivity index is 1.88. The topological polar surface area (TPSA) is 78.4 Å². The fourth-order valence-corrected chi connectivity index (χ4v) is 3.59. The van der Waals surface area contributed by atoms with Crippen LogP contribution in [0, 0.1) is 5.92 Å². The van der Waals surface area contributed by atoms with Gasteiger partial charge < -0.3 is 15.7 Å². The van der Waals surface area contributed by atoms with Gasteiger partial charge in [-0.05, 0) is 29.4 Å². The molecule has 0 radical (unpaired) electrons. The number of carbonyl (C=O) groups excluding carboxylic acids is 1. The summed E-state index contributed by atoms with van der Waals surface area (Å²) < 4.78 is 0. The van der Waals surface area contributed by atoms with E-state index in [1.54, 1.807) is 0 Å². The molecule has 1 heterocycles. The minimum absolute atomic E-state index is 0.128. The first kappa shape index (κ1) is 15.7. The third-order valence-corrected chi connectivity index (χ3v) is 4.69. The molecule has 6 heteroatoms. The Morgan fingerprint density at radius 2 is 2.10 bits per heavy atom. The van der Waals surface area contributed by atoms with Crippen molar-refractivity contribution in [2.75, 3.05) is 18.1 Å². The molecule has 114 valence electrons. The molecule has 1 aliphatic heterocycles. The molecular weight excluding hydrogens is 288 g/mol. The van der Waals surface area contributed by atoms with Crippen LogP contribution in [-0.2, 0) is 4.79 Å². The van der Waals surface area contributed by atoms with Crippen molar-refractivity contribution in [2.24, 2.45) is 5.92 Å². The molecule has 1 aromatic rings. The van der Waals surface area contributed by atoms with E-state index in [1.165, 1.54) is 0 Å². The SMILES string of the molecule is O=C(O)CC(NC(=O)NCC1CCSC1)c1ccccc1. The number of urea groups is 1. The average molecular weight is 308 g/mol. The first-order valence-corrected chi connectivity index (χ1v) is 8.19. The highest BCUT2D eigenvalue weighted by Gasteiger charge is 2.20. The summed E-state index contributed by atoms with van der Waals surface area (Å²) in [5, 5.41) is 14.6. The summed E-state index contributed by atoms with van der Waals surface area (Å²) in [4.78, 5) is 22.9. The van der Waals surface area contributed by atoms with Crippen molar-refractivity contribution in [2.45, 2.75) is 18.9 Å². The Labute approximate surface area is 128 Å². The third kappa shape index (κ3) is 5.30. The van der Waals surface area contributed by atoms with Crippen molar-refractivity contribution < 1.29 is 14.7 Å². The molecule has 2 rings (SSSR count). The number of hydrogen-bond donors (Lipinski definition) is 3. The summed E-state index contributed by atoms with van der Waals surface area (Å²) in [6.45, 7) is 0.646. The predicted molar refractivity (Wildman–Crippen MR) is 83.4 cm³/mol. The van der Waals surface area contributed by atoms with Crippen molar-refractivity contribution in [1.29, 1.82) is 0 Å². The molecule has 0 aliphatic carbocycles. The van der Waals surface area contributed by atoms with Gasteiger partial charge in [-0.1, -0.05) is 30.3 Å². The molecule has 21 heavy (non-hydrogen) atoms. The van der Waals surface area contributed by atoms with Gasteiger partial charge in [-0.2, -0.15) is 11.8 Å². The number of thioether (sulfide) groups is 1. The fourth-order valence-electron chi connectivity index (χ4n) is 2.30. The highest BCUT2D eigenvalue weighted by molar-refractivity contribution is 7.99. The number of hydrogen-bond acceptors (Lipinski definition) is 3. The van der Waals surface area contributed by atoms with Crippen LogP contribution in [0.4, 0.5) is 4.79 Å². The molecule has 0 aromatic heterocycles. The van der Waals surface area contributed by atoms with Gasteiger partial charge in [0, 0.05) is 6.54 Å². The molecule has 0 bridgehead atoms. The van der Waals surface area contributed by atoms with Crippen LogP contribution in [0.2, 0.25) is 0 Å². The highest BCUT2D eigenvalue weighted by atomic mass is 32.2. The van der Waals surface area contributed by atoms with Crippen molar-refractivity contribution in [3.63, 3.8) is 0 Å². The molecule has 1 aromatic carbocycles. The molecule has 1 saturated heterocycles. The van der Waals surface area contributed by atoms with E-state index >= 15 is 0 Å². The number of carbonyl (C=O) groups is 2. The van der Waals surface area contributed by atoms with Gasteiger partial charge in [-0.25, -0.2) is 4.79 Å². The van der Waals surface area contributed by atoms with Gasteiger partial charge in [0.2, 0.25) is 0 Å². The summed E-state index contributed by atoms with van der Waals surface area (Å²) >= 11 is 1.90. The molecule has 0 saturated carbocycles. The molecule has 5 nitrogen and oxygen atoms in total. The predicted octanol–water partition coefficient (Wildman–Crippen LogP) is 2.25. The van der Waals surface area contributed by atoms with Crippen LogP contribution >= 0.6 is 11.8 Å². The van der Waals surface area contributed by atoms with Gasteiger partial charge in [0.1, 0.15) is 0 Å². The Morgan fingerprint density at radius 3 is 2.71 bits per heavy atom. The molecule has 3 N–H and O–H groups in total. The molecular formula is C15H20N2O3S. The van der Waals surface area contributed by atoms with Gasteiger partial charge >= 0.3 is 12.0 Å². The minimum Gasteiger partial charge on any atom is -0.481 e. The van der Waals surface area contributed by atoms with Crippen LogP contribution in [0.15, 0.2) is 30.3 Å². The lowest BCUT2D eigenvalue weighted by Gasteiger charge is -2.18. The number of carboxylic acids is 1. The lowest BCUT2D eigenvalue weighted by Crippen LogP contribution is -2.40. The quantitative estimate of drug-likeness (QED) is 0.753. The molecule has 2 atom stereocenters. The highest BCUT2D eigenvalue weighted by Crippen LogP contribution is 2.22. The molecule has 2 amide bonds. The lowest BCUT2D eigenvalue weighted by molar-refractivity contribution is -0.137. The maximum Gasteiger partial charge on any atom is 0.315 e. The van der Waals surface area contributed by atoms with E-state index in [1.807, 2.05) is 42.1 Å². The average Bonchev–Trinajstić information content (AvgIpc) is 2.98. The zero-order chi connectivity index (χ0) is 15.1. The maximum absolute atomic E-state index is 11.9. The Hall–Kier alpha value is -1.69. The van der Waals surface area contributed by atoms with Gasteiger partial charge in [0.25, 0.3) is 0 Å². The Bertz CT molecular complexity index is 475. The first-order valence-electron chi connectivity index (χ1n) is 7.04. The minimum atomic E-state index is -0.934. The summed E-state index contributed by atoms with van der Waals surface area (Å²) in [7, 11) is 0. The summed E-state index contributed by atoms with van der Waals surface area (Å²) in [6, 6.07) is 8.35. The Morgan fingerprint density at radius 1 is 1.33 bits per heavy atom. The van der Waals surface area contributed by atoms with Gasteiger partial charge in [0.05, 0.1) is 12.5 Å². The molecule has 2 unspecified atom stereocenters. The summed E-state index contributed by atoms with van der Waals surface area (Å²) in [5.41, 5.74) is 0.798. The van der Waals surface area contributed by atoms with Crippen molar-refractivity contribution in [1.82, 2.24) is 10.6 Å². The standard InChI is InChI=1S/C15H20N2O3S/c18-14(19)8-13(12-4-2-1-3-5-12)17-15(20)16-9-11-6-7-21-10-11/h1-5,11,13H,6-10H2,(H,18,19)(H2,16,17,20). The smallest absolute Gasteiger partial charge is 0.315 e. The molecule has 1 fully saturated rings. The zero-order valence-electron chi connectivity index (χ0n) is 11.7. The summed E-state index contributed by atoms with van der Waals surface area (Å²) in [5.74, 6) is 1.82. The van der Waals surface area contributed by atoms with E-state index < -0.39 is 12.0 Å². The van der Waals surface area contributed by atoms with E-state index in [4.69, 9.17) is 5.11 Å². The lowest BCUT2D eigenvalue weighted by atomic mass is 10.0. The van der Waals surface area contributed by atoms with E-state index in [-0.39, 0.29) is 12.5 Å². The zero-order valence-corrected chi connectivity index (χ0v) is 12.6. The van der Waals surface area contributed by atoms with Crippen molar-refractivity contribution in [3.05, 3.63) is 35.9 Å². The maximum atomic E-state index is 11.9. The van der Waals surface area contributed by atoms with E-state index in [2.05, 4.69) is 10.6 Å². The van der Waals surface area contributed by atoms with E-state index in [9.17, 15) is 9.59 Å². The Kier molecular flexibility index (Phi) is 5.92. The molecule has 1 aliphatic rings. The number of amides is 2. The fraction of sp³-hybridized carbons (Fsp3) is 0.467. The van der Waals surface area contributed by atoms with E-state index in [0.717, 1.165) is 23.5 Å². The van der Waals surface area contributed by atoms with Crippen LogP contribution < -0.4 is 10.6 Å². The third-order valence-electron chi connectivity index (χ3n) is 3.46. The van der Waals surface area contributed by atoms with Crippen LogP contribution in [0.3, 0.4) is 0 Å². The van der Waals surface area contributed by atoms with Crippen LogP contribution in [0.5, 0.6) is 0 Å².